The van der Waals surface area contributed by atoms with E-state index in [9.17, 15) is 0 Å². The summed E-state index contributed by atoms with van der Waals surface area (Å²) in [6.07, 6.45) is 2.65. The quantitative estimate of drug-likeness (QED) is 0.604. The van der Waals surface area contributed by atoms with E-state index in [1.54, 1.807) is 20.4 Å². The summed E-state index contributed by atoms with van der Waals surface area (Å²) in [5.41, 5.74) is 2.85. The fraction of sp³-hybridized carbons (Fsp3) is 0.238. The third-order valence-corrected chi connectivity index (χ3v) is 4.65. The van der Waals surface area contributed by atoms with E-state index in [0.717, 1.165) is 40.1 Å². The Labute approximate surface area is 164 Å². The van der Waals surface area contributed by atoms with E-state index in [1.807, 2.05) is 36.4 Å². The molecular formula is C21H23N3O2S. The van der Waals surface area contributed by atoms with Gasteiger partial charge < -0.3 is 20.1 Å². The Morgan fingerprint density at radius 3 is 2.52 bits per heavy atom. The highest BCUT2D eigenvalue weighted by atomic mass is 32.1. The van der Waals surface area contributed by atoms with Gasteiger partial charge in [-0.2, -0.15) is 0 Å². The number of nitrogens with one attached hydrogen (secondary N) is 2. The van der Waals surface area contributed by atoms with Gasteiger partial charge in [-0.3, -0.25) is 4.98 Å². The van der Waals surface area contributed by atoms with E-state index in [4.69, 9.17) is 21.7 Å². The van der Waals surface area contributed by atoms with Gasteiger partial charge in [0, 0.05) is 17.3 Å². The predicted octanol–water partition coefficient (Wildman–Crippen LogP) is 4.69. The lowest BCUT2D eigenvalue weighted by molar-refractivity contribution is 0.414. The van der Waals surface area contributed by atoms with Crippen LogP contribution < -0.4 is 20.1 Å². The van der Waals surface area contributed by atoms with Gasteiger partial charge >= 0.3 is 0 Å². The van der Waals surface area contributed by atoms with Crippen LogP contribution in [0.4, 0.5) is 5.69 Å². The molecule has 0 aliphatic heterocycles. The van der Waals surface area contributed by atoms with Crippen LogP contribution in [-0.2, 0) is 0 Å². The Bertz CT molecular complexity index is 928. The van der Waals surface area contributed by atoms with Gasteiger partial charge in [0.1, 0.15) is 17.0 Å². The predicted molar refractivity (Wildman–Crippen MR) is 114 cm³/mol. The molecular weight excluding hydrogens is 358 g/mol. The number of hydrogen-bond acceptors (Lipinski definition) is 4. The maximum Gasteiger partial charge on any atom is 0.171 e. The molecule has 0 saturated carbocycles. The van der Waals surface area contributed by atoms with E-state index in [-0.39, 0.29) is 6.04 Å². The zero-order valence-electron chi connectivity index (χ0n) is 15.7. The molecule has 27 heavy (non-hydrogen) atoms. The first-order chi connectivity index (χ1) is 13.2. The highest BCUT2D eigenvalue weighted by Gasteiger charge is 2.13. The molecule has 140 valence electrons. The number of aromatic nitrogens is 1. The molecule has 2 N–H and O–H groups in total. The van der Waals surface area contributed by atoms with Crippen LogP contribution in [0.25, 0.3) is 10.9 Å². The summed E-state index contributed by atoms with van der Waals surface area (Å²) in [4.78, 5) is 4.42. The van der Waals surface area contributed by atoms with Gasteiger partial charge in [0.15, 0.2) is 5.11 Å². The Morgan fingerprint density at radius 1 is 1.07 bits per heavy atom. The van der Waals surface area contributed by atoms with Gasteiger partial charge in [0.25, 0.3) is 0 Å². The highest BCUT2D eigenvalue weighted by molar-refractivity contribution is 7.80. The average molecular weight is 382 g/mol. The zero-order valence-corrected chi connectivity index (χ0v) is 16.5. The van der Waals surface area contributed by atoms with E-state index in [0.29, 0.717) is 5.11 Å². The topological polar surface area (TPSA) is 55.4 Å². The monoisotopic (exact) mass is 381 g/mol. The number of rotatable bonds is 6. The first-order valence-electron chi connectivity index (χ1n) is 8.79. The van der Waals surface area contributed by atoms with Crippen LogP contribution in [0.2, 0.25) is 0 Å². The Hall–Kier alpha value is -2.86. The molecule has 0 bridgehead atoms. The number of benzene rings is 2. The van der Waals surface area contributed by atoms with Crippen molar-refractivity contribution in [1.29, 1.82) is 0 Å². The molecule has 0 saturated heterocycles. The number of fused-ring (bicyclic) bond motifs is 1. The number of ether oxygens (including phenoxy) is 2. The summed E-state index contributed by atoms with van der Waals surface area (Å²) in [7, 11) is 3.31. The van der Waals surface area contributed by atoms with Gasteiger partial charge in [-0.1, -0.05) is 19.1 Å². The first kappa shape index (κ1) is 18.9. The van der Waals surface area contributed by atoms with Crippen molar-refractivity contribution in [2.24, 2.45) is 0 Å². The van der Waals surface area contributed by atoms with Crippen LogP contribution in [0.3, 0.4) is 0 Å². The maximum atomic E-state index is 5.55. The van der Waals surface area contributed by atoms with Crippen LogP contribution in [0.5, 0.6) is 11.5 Å². The summed E-state index contributed by atoms with van der Waals surface area (Å²) in [6.45, 7) is 2.12. The zero-order chi connectivity index (χ0) is 19.2. The molecule has 1 unspecified atom stereocenters. The molecule has 1 heterocycles. The van der Waals surface area contributed by atoms with Crippen molar-refractivity contribution in [1.82, 2.24) is 10.3 Å². The minimum Gasteiger partial charge on any atom is -0.497 e. The average Bonchev–Trinajstić information content (AvgIpc) is 2.72. The summed E-state index contributed by atoms with van der Waals surface area (Å²) < 4.78 is 10.6. The van der Waals surface area contributed by atoms with Crippen LogP contribution in [0.15, 0.2) is 54.7 Å². The lowest BCUT2D eigenvalue weighted by atomic mass is 10.0. The Morgan fingerprint density at radius 2 is 1.85 bits per heavy atom. The fourth-order valence-electron chi connectivity index (χ4n) is 2.99. The van der Waals surface area contributed by atoms with Crippen molar-refractivity contribution in [2.75, 3.05) is 19.5 Å². The normalized spacial score (nSPS) is 11.7. The lowest BCUT2D eigenvalue weighted by Crippen LogP contribution is -2.32. The summed E-state index contributed by atoms with van der Waals surface area (Å²) in [5, 5.41) is 8.20. The third kappa shape index (κ3) is 4.28. The van der Waals surface area contributed by atoms with Crippen molar-refractivity contribution in [3.05, 3.63) is 60.3 Å². The van der Waals surface area contributed by atoms with E-state index >= 15 is 0 Å². The van der Waals surface area contributed by atoms with E-state index in [1.165, 1.54) is 0 Å². The minimum atomic E-state index is 0.110. The number of thiocarbonyl (C=S) groups is 1. The van der Waals surface area contributed by atoms with Crippen LogP contribution in [0, 0.1) is 0 Å². The van der Waals surface area contributed by atoms with Gasteiger partial charge in [-0.05, 0) is 60.6 Å². The minimum absolute atomic E-state index is 0.110. The molecule has 0 spiro atoms. The molecule has 1 aromatic heterocycles. The molecule has 0 fully saturated rings. The van der Waals surface area contributed by atoms with Crippen LogP contribution in [-0.4, -0.2) is 24.3 Å². The fourth-order valence-corrected chi connectivity index (χ4v) is 3.25. The van der Waals surface area contributed by atoms with Crippen molar-refractivity contribution in [2.45, 2.75) is 19.4 Å². The highest BCUT2D eigenvalue weighted by Crippen LogP contribution is 2.30. The number of anilines is 1. The van der Waals surface area contributed by atoms with Crippen molar-refractivity contribution in [3.63, 3.8) is 0 Å². The van der Waals surface area contributed by atoms with Gasteiger partial charge in [0.05, 0.1) is 20.3 Å². The summed E-state index contributed by atoms with van der Waals surface area (Å²) in [5.74, 6) is 1.58. The molecule has 0 aliphatic rings. The number of methoxy groups -OCH3 is 2. The Balaban J connectivity index is 1.77. The lowest BCUT2D eigenvalue weighted by Gasteiger charge is -2.21. The standard InChI is InChI=1S/C21H23N3O2S/c1-4-17(14-7-9-15(25-2)10-8-14)23-21(27)24-18-11-12-19(26-3)20-16(18)6-5-13-22-20/h5-13,17H,4H2,1-3H3,(H2,23,24,27). The molecule has 2 aromatic carbocycles. The molecule has 0 aliphatic carbocycles. The second-order valence-electron chi connectivity index (χ2n) is 6.05. The summed E-state index contributed by atoms with van der Waals surface area (Å²) >= 11 is 5.55. The third-order valence-electron chi connectivity index (χ3n) is 4.43. The molecule has 1 atom stereocenters. The molecule has 5 nitrogen and oxygen atoms in total. The van der Waals surface area contributed by atoms with Crippen molar-refractivity contribution < 1.29 is 9.47 Å². The second kappa shape index (κ2) is 8.68. The van der Waals surface area contributed by atoms with Crippen molar-refractivity contribution in [3.8, 4) is 11.5 Å². The number of nitrogens with zero attached hydrogens (tertiary/aromatic N) is 1. The van der Waals surface area contributed by atoms with Crippen molar-refractivity contribution >= 4 is 33.9 Å². The van der Waals surface area contributed by atoms with Gasteiger partial charge in [-0.15, -0.1) is 0 Å². The van der Waals surface area contributed by atoms with Crippen LogP contribution >= 0.6 is 12.2 Å². The number of hydrogen-bond donors (Lipinski definition) is 2. The summed E-state index contributed by atoms with van der Waals surface area (Å²) in [6, 6.07) is 15.9. The number of pyridine rings is 1. The molecule has 0 radical (unpaired) electrons. The van der Waals surface area contributed by atoms with Crippen LogP contribution in [0.1, 0.15) is 24.9 Å². The van der Waals surface area contributed by atoms with E-state index in [2.05, 4.69) is 34.7 Å². The largest absolute Gasteiger partial charge is 0.497 e. The molecule has 3 rings (SSSR count). The van der Waals surface area contributed by atoms with Gasteiger partial charge in [0.2, 0.25) is 0 Å². The molecule has 3 aromatic rings. The molecule has 0 amide bonds. The smallest absolute Gasteiger partial charge is 0.171 e. The molecule has 6 heteroatoms. The maximum absolute atomic E-state index is 5.55. The van der Waals surface area contributed by atoms with E-state index < -0.39 is 0 Å². The Kier molecular flexibility index (Phi) is 6.08. The second-order valence-corrected chi connectivity index (χ2v) is 6.46. The SMILES string of the molecule is CCC(NC(=S)Nc1ccc(OC)c2ncccc12)c1ccc(OC)cc1. The van der Waals surface area contributed by atoms with Gasteiger partial charge in [-0.25, -0.2) is 0 Å². The first-order valence-corrected chi connectivity index (χ1v) is 9.20.